The topological polar surface area (TPSA) is 35.5 Å². The first-order chi connectivity index (χ1) is 9.51. The average molecular weight is 276 g/mol. The van der Waals surface area contributed by atoms with Crippen molar-refractivity contribution in [3.63, 3.8) is 0 Å². The van der Waals surface area contributed by atoms with Crippen molar-refractivity contribution in [2.75, 3.05) is 18.0 Å². The number of nitrogens with one attached hydrogen (secondary N) is 1. The van der Waals surface area contributed by atoms with Gasteiger partial charge < -0.3 is 15.3 Å². The minimum Gasteiger partial charge on any atom is -0.508 e. The summed E-state index contributed by atoms with van der Waals surface area (Å²) in [5.74, 6) is 0.355. The number of nitrogens with zero attached hydrogens (tertiary/aromatic N) is 1. The van der Waals surface area contributed by atoms with Crippen molar-refractivity contribution in [1.29, 1.82) is 0 Å². The maximum Gasteiger partial charge on any atom is 0.122 e. The highest BCUT2D eigenvalue weighted by atomic mass is 16.3. The van der Waals surface area contributed by atoms with E-state index < -0.39 is 0 Å². The van der Waals surface area contributed by atoms with E-state index in [-0.39, 0.29) is 6.04 Å². The number of hydrogen-bond donors (Lipinski definition) is 2. The fourth-order valence-corrected chi connectivity index (χ4v) is 2.30. The molecule has 0 aliphatic rings. The minimum absolute atomic E-state index is 0.163. The monoisotopic (exact) mass is 276 g/mol. The van der Waals surface area contributed by atoms with Gasteiger partial charge in [0, 0.05) is 35.9 Å². The van der Waals surface area contributed by atoms with Crippen LogP contribution in [0.25, 0.3) is 0 Å². The molecule has 1 unspecified atom stereocenters. The van der Waals surface area contributed by atoms with Gasteiger partial charge in [0.1, 0.15) is 5.75 Å². The summed E-state index contributed by atoms with van der Waals surface area (Å²) in [6, 6.07) is 6.46. The van der Waals surface area contributed by atoms with E-state index in [0.29, 0.717) is 11.8 Å². The molecule has 0 amide bonds. The summed E-state index contributed by atoms with van der Waals surface area (Å²) in [7, 11) is 0. The van der Waals surface area contributed by atoms with Gasteiger partial charge in [-0.15, -0.1) is 6.58 Å². The number of hydrogen-bond acceptors (Lipinski definition) is 3. The van der Waals surface area contributed by atoms with Crippen molar-refractivity contribution in [3.8, 4) is 5.75 Å². The second-order valence-corrected chi connectivity index (χ2v) is 5.45. The Balaban J connectivity index is 2.93. The van der Waals surface area contributed by atoms with Crippen LogP contribution in [0.3, 0.4) is 0 Å². The van der Waals surface area contributed by atoms with Gasteiger partial charge in [-0.3, -0.25) is 0 Å². The summed E-state index contributed by atoms with van der Waals surface area (Å²) < 4.78 is 0. The number of benzene rings is 1. The molecule has 1 rings (SSSR count). The SMILES string of the molecule is C=CCN(c1ccc(C(C)NCCC)c(O)c1)C(C)C. The van der Waals surface area contributed by atoms with Gasteiger partial charge in [0.15, 0.2) is 0 Å². The van der Waals surface area contributed by atoms with Gasteiger partial charge in [-0.25, -0.2) is 0 Å². The molecule has 0 heterocycles. The van der Waals surface area contributed by atoms with E-state index in [4.69, 9.17) is 0 Å². The van der Waals surface area contributed by atoms with Gasteiger partial charge >= 0.3 is 0 Å². The molecule has 0 aromatic heterocycles. The molecular formula is C17H28N2O. The van der Waals surface area contributed by atoms with Gasteiger partial charge in [-0.05, 0) is 39.8 Å². The molecule has 2 N–H and O–H groups in total. The Morgan fingerprint density at radius 1 is 1.35 bits per heavy atom. The van der Waals surface area contributed by atoms with Crippen LogP contribution in [0.4, 0.5) is 5.69 Å². The van der Waals surface area contributed by atoms with E-state index in [1.54, 1.807) is 0 Å². The lowest BCUT2D eigenvalue weighted by molar-refractivity contribution is 0.452. The van der Waals surface area contributed by atoms with Crippen LogP contribution in [0.5, 0.6) is 5.75 Å². The number of aromatic hydroxyl groups is 1. The lowest BCUT2D eigenvalue weighted by Crippen LogP contribution is -2.30. The van der Waals surface area contributed by atoms with Crippen molar-refractivity contribution < 1.29 is 5.11 Å². The highest BCUT2D eigenvalue weighted by Gasteiger charge is 2.14. The number of rotatable bonds is 8. The van der Waals surface area contributed by atoms with Gasteiger partial charge in [-0.1, -0.05) is 19.1 Å². The lowest BCUT2D eigenvalue weighted by atomic mass is 10.1. The Bertz CT molecular complexity index is 429. The number of phenolic OH excluding ortho intramolecular Hbond substituents is 1. The predicted octanol–water partition coefficient (Wildman–Crippen LogP) is 3.85. The zero-order chi connectivity index (χ0) is 15.1. The minimum atomic E-state index is 0.163. The summed E-state index contributed by atoms with van der Waals surface area (Å²) >= 11 is 0. The number of anilines is 1. The quantitative estimate of drug-likeness (QED) is 0.708. The first kappa shape index (κ1) is 16.6. The largest absolute Gasteiger partial charge is 0.508 e. The molecule has 1 aromatic rings. The summed E-state index contributed by atoms with van der Waals surface area (Å²) in [6.07, 6.45) is 2.97. The Hall–Kier alpha value is -1.48. The Morgan fingerprint density at radius 2 is 2.05 bits per heavy atom. The molecule has 1 aromatic carbocycles. The van der Waals surface area contributed by atoms with Crippen LogP contribution in [0.15, 0.2) is 30.9 Å². The van der Waals surface area contributed by atoms with E-state index in [1.165, 1.54) is 0 Å². The first-order valence-electron chi connectivity index (χ1n) is 7.45. The normalized spacial score (nSPS) is 12.4. The maximum absolute atomic E-state index is 10.3. The smallest absolute Gasteiger partial charge is 0.122 e. The van der Waals surface area contributed by atoms with Crippen molar-refractivity contribution in [2.24, 2.45) is 0 Å². The standard InChI is InChI=1S/C17H28N2O/c1-6-10-18-14(5)16-9-8-15(12-17(16)20)19(11-7-2)13(3)4/h7-9,12-14,18,20H,2,6,10-11H2,1,3-5H3. The van der Waals surface area contributed by atoms with Crippen LogP contribution in [-0.4, -0.2) is 24.2 Å². The van der Waals surface area contributed by atoms with Crippen molar-refractivity contribution in [3.05, 3.63) is 36.4 Å². The molecule has 0 aliphatic heterocycles. The Morgan fingerprint density at radius 3 is 2.55 bits per heavy atom. The highest BCUT2D eigenvalue weighted by Crippen LogP contribution is 2.29. The molecule has 0 saturated heterocycles. The summed E-state index contributed by atoms with van der Waals surface area (Å²) in [4.78, 5) is 2.21. The van der Waals surface area contributed by atoms with Gasteiger partial charge in [0.25, 0.3) is 0 Å². The number of phenols is 1. The van der Waals surface area contributed by atoms with Gasteiger partial charge in [0.2, 0.25) is 0 Å². The molecule has 3 heteroatoms. The second-order valence-electron chi connectivity index (χ2n) is 5.45. The molecular weight excluding hydrogens is 248 g/mol. The summed E-state index contributed by atoms with van der Waals surface area (Å²) in [5.41, 5.74) is 1.98. The van der Waals surface area contributed by atoms with Crippen LogP contribution in [0.2, 0.25) is 0 Å². The molecule has 0 aliphatic carbocycles. The van der Waals surface area contributed by atoms with Crippen LogP contribution in [-0.2, 0) is 0 Å². The van der Waals surface area contributed by atoms with Crippen molar-refractivity contribution >= 4 is 5.69 Å². The molecule has 20 heavy (non-hydrogen) atoms. The van der Waals surface area contributed by atoms with Crippen LogP contribution >= 0.6 is 0 Å². The van der Waals surface area contributed by atoms with Crippen LogP contribution in [0, 0.1) is 0 Å². The zero-order valence-electron chi connectivity index (χ0n) is 13.2. The van der Waals surface area contributed by atoms with E-state index in [1.807, 2.05) is 18.2 Å². The van der Waals surface area contributed by atoms with E-state index >= 15 is 0 Å². The van der Waals surface area contributed by atoms with E-state index in [0.717, 1.165) is 30.8 Å². The van der Waals surface area contributed by atoms with Crippen LogP contribution < -0.4 is 10.2 Å². The molecule has 1 atom stereocenters. The van der Waals surface area contributed by atoms with Gasteiger partial charge in [0.05, 0.1) is 0 Å². The third kappa shape index (κ3) is 4.27. The van der Waals surface area contributed by atoms with Crippen molar-refractivity contribution in [2.45, 2.75) is 46.2 Å². The Labute approximate surface area is 123 Å². The summed E-state index contributed by atoms with van der Waals surface area (Å²) in [6.45, 7) is 14.0. The first-order valence-corrected chi connectivity index (χ1v) is 7.45. The predicted molar refractivity (Wildman–Crippen MR) is 87.5 cm³/mol. The van der Waals surface area contributed by atoms with Crippen molar-refractivity contribution in [1.82, 2.24) is 5.32 Å². The lowest BCUT2D eigenvalue weighted by Gasteiger charge is -2.28. The maximum atomic E-state index is 10.3. The van der Waals surface area contributed by atoms with Gasteiger partial charge in [-0.2, -0.15) is 0 Å². The molecule has 0 fully saturated rings. The third-order valence-corrected chi connectivity index (χ3v) is 3.46. The molecule has 0 bridgehead atoms. The van der Waals surface area contributed by atoms with E-state index in [9.17, 15) is 5.11 Å². The zero-order valence-corrected chi connectivity index (χ0v) is 13.2. The van der Waals surface area contributed by atoms with E-state index in [2.05, 4.69) is 50.6 Å². The average Bonchev–Trinajstić information content (AvgIpc) is 2.41. The fourth-order valence-electron chi connectivity index (χ4n) is 2.30. The molecule has 0 saturated carbocycles. The van der Waals surface area contributed by atoms with Crippen LogP contribution in [0.1, 0.15) is 45.7 Å². The molecule has 112 valence electrons. The second kappa shape index (κ2) is 7.95. The highest BCUT2D eigenvalue weighted by molar-refractivity contribution is 5.55. The molecule has 0 spiro atoms. The molecule has 3 nitrogen and oxygen atoms in total. The molecule has 0 radical (unpaired) electrons. The fraction of sp³-hybridized carbons (Fsp3) is 0.529. The third-order valence-electron chi connectivity index (χ3n) is 3.46. The summed E-state index contributed by atoms with van der Waals surface area (Å²) in [5, 5.41) is 13.7. The Kier molecular flexibility index (Phi) is 6.59.